The standard InChI is InChI=1S/C51H94O/c1-3-5-7-9-11-13-15-17-19-21-23-25-27-29-31-33-35-37-39-41-43-49-45-46-51(48-52)50(47-49)44-42-40-38-36-34-32-30-28-26-24-22-20-18-16-14-12-10-8-6-4-2/h45-48H,3-44H2,1-2H3. The Kier molecular flexibility index (Phi) is 38.6. The third-order valence-corrected chi connectivity index (χ3v) is 12.0. The fourth-order valence-corrected chi connectivity index (χ4v) is 8.30. The summed E-state index contributed by atoms with van der Waals surface area (Å²) >= 11 is 0. The molecule has 0 amide bonds. The van der Waals surface area contributed by atoms with Gasteiger partial charge in [-0.05, 0) is 36.8 Å². The first-order valence-electron chi connectivity index (χ1n) is 24.4. The van der Waals surface area contributed by atoms with Crippen LogP contribution >= 0.6 is 0 Å². The van der Waals surface area contributed by atoms with Crippen molar-refractivity contribution in [2.75, 3.05) is 0 Å². The van der Waals surface area contributed by atoms with E-state index in [1.165, 1.54) is 274 Å². The number of carbonyl (C=O) groups excluding carboxylic acids is 1. The minimum absolute atomic E-state index is 0.921. The van der Waals surface area contributed by atoms with Crippen LogP contribution in [-0.4, -0.2) is 6.29 Å². The Bertz CT molecular complexity index is 842. The Morgan fingerprint density at radius 1 is 0.327 bits per heavy atom. The zero-order valence-corrected chi connectivity index (χ0v) is 35.9. The van der Waals surface area contributed by atoms with Crippen molar-refractivity contribution in [1.82, 2.24) is 0 Å². The summed E-state index contributed by atoms with van der Waals surface area (Å²) in [7, 11) is 0. The molecular formula is C51H94O. The van der Waals surface area contributed by atoms with Crippen LogP contribution in [0.25, 0.3) is 0 Å². The van der Waals surface area contributed by atoms with E-state index < -0.39 is 0 Å². The van der Waals surface area contributed by atoms with E-state index in [1.54, 1.807) is 0 Å². The number of unbranched alkanes of at least 4 members (excludes halogenated alkanes) is 38. The maximum Gasteiger partial charge on any atom is 0.150 e. The first kappa shape index (κ1) is 48.9. The lowest BCUT2D eigenvalue weighted by atomic mass is 9.96. The second kappa shape index (κ2) is 41.1. The molecule has 0 radical (unpaired) electrons. The van der Waals surface area contributed by atoms with Crippen molar-refractivity contribution < 1.29 is 4.79 Å². The van der Waals surface area contributed by atoms with E-state index in [-0.39, 0.29) is 0 Å². The van der Waals surface area contributed by atoms with Crippen LogP contribution in [0, 0.1) is 0 Å². The normalized spacial score (nSPS) is 11.5. The predicted octanol–water partition coefficient (Wildman–Crippen LogP) is 18.2. The number of hydrogen-bond acceptors (Lipinski definition) is 1. The second-order valence-electron chi connectivity index (χ2n) is 17.1. The Morgan fingerprint density at radius 2 is 0.577 bits per heavy atom. The maximum atomic E-state index is 11.7. The molecule has 1 aromatic rings. The van der Waals surface area contributed by atoms with Gasteiger partial charge in [-0.2, -0.15) is 0 Å². The van der Waals surface area contributed by atoms with Crippen molar-refractivity contribution in [3.05, 3.63) is 34.9 Å². The Morgan fingerprint density at radius 3 is 0.846 bits per heavy atom. The van der Waals surface area contributed by atoms with Crippen LogP contribution in [0.1, 0.15) is 292 Å². The van der Waals surface area contributed by atoms with E-state index in [2.05, 4.69) is 32.0 Å². The first-order chi connectivity index (χ1) is 25.8. The number of aryl methyl sites for hydroxylation is 2. The van der Waals surface area contributed by atoms with Gasteiger partial charge in [-0.1, -0.05) is 276 Å². The average Bonchev–Trinajstić information content (AvgIpc) is 3.16. The highest BCUT2D eigenvalue weighted by atomic mass is 16.1. The molecule has 0 unspecified atom stereocenters. The van der Waals surface area contributed by atoms with E-state index in [1.807, 2.05) is 0 Å². The predicted molar refractivity (Wildman–Crippen MR) is 235 cm³/mol. The molecule has 0 atom stereocenters. The van der Waals surface area contributed by atoms with E-state index in [9.17, 15) is 4.79 Å². The molecule has 52 heavy (non-hydrogen) atoms. The minimum Gasteiger partial charge on any atom is -0.298 e. The molecule has 304 valence electrons. The fraction of sp³-hybridized carbons (Fsp3) is 0.863. The third kappa shape index (κ3) is 33.5. The molecule has 0 aromatic heterocycles. The van der Waals surface area contributed by atoms with Crippen molar-refractivity contribution in [1.29, 1.82) is 0 Å². The van der Waals surface area contributed by atoms with Crippen molar-refractivity contribution >= 4 is 6.29 Å². The molecule has 0 aliphatic heterocycles. The van der Waals surface area contributed by atoms with Crippen LogP contribution in [0.5, 0.6) is 0 Å². The first-order valence-corrected chi connectivity index (χ1v) is 24.4. The van der Waals surface area contributed by atoms with Gasteiger partial charge >= 0.3 is 0 Å². The fourth-order valence-electron chi connectivity index (χ4n) is 8.30. The molecule has 0 fully saturated rings. The van der Waals surface area contributed by atoms with Crippen LogP contribution in [0.4, 0.5) is 0 Å². The summed E-state index contributed by atoms with van der Waals surface area (Å²) in [6.45, 7) is 4.61. The molecule has 1 nitrogen and oxygen atoms in total. The molecule has 0 aliphatic rings. The summed E-state index contributed by atoms with van der Waals surface area (Å²) in [5.74, 6) is 0. The summed E-state index contributed by atoms with van der Waals surface area (Å²) in [6, 6.07) is 6.65. The zero-order valence-electron chi connectivity index (χ0n) is 35.9. The Labute approximate surface area is 328 Å². The van der Waals surface area contributed by atoms with Crippen molar-refractivity contribution in [2.24, 2.45) is 0 Å². The number of hydrogen-bond donors (Lipinski definition) is 0. The molecule has 1 rings (SSSR count). The molecule has 0 saturated heterocycles. The monoisotopic (exact) mass is 723 g/mol. The quantitative estimate of drug-likeness (QED) is 0.0484. The van der Waals surface area contributed by atoms with Gasteiger partial charge in [0.2, 0.25) is 0 Å². The summed E-state index contributed by atoms with van der Waals surface area (Å²) in [6.07, 6.45) is 60.4. The second-order valence-corrected chi connectivity index (χ2v) is 17.1. The minimum atomic E-state index is 0.921. The zero-order chi connectivity index (χ0) is 37.3. The Hall–Kier alpha value is -1.11. The van der Waals surface area contributed by atoms with Gasteiger partial charge in [-0.3, -0.25) is 4.79 Å². The summed E-state index contributed by atoms with van der Waals surface area (Å²) < 4.78 is 0. The summed E-state index contributed by atoms with van der Waals surface area (Å²) in [5, 5.41) is 0. The van der Waals surface area contributed by atoms with Crippen LogP contribution in [0.2, 0.25) is 0 Å². The molecular weight excluding hydrogens is 629 g/mol. The lowest BCUT2D eigenvalue weighted by Crippen LogP contribution is -1.97. The largest absolute Gasteiger partial charge is 0.298 e. The van der Waals surface area contributed by atoms with Crippen molar-refractivity contribution in [3.8, 4) is 0 Å². The van der Waals surface area contributed by atoms with Gasteiger partial charge in [0.1, 0.15) is 6.29 Å². The van der Waals surface area contributed by atoms with Gasteiger partial charge in [-0.25, -0.2) is 0 Å². The van der Waals surface area contributed by atoms with E-state index >= 15 is 0 Å². The van der Waals surface area contributed by atoms with Gasteiger partial charge in [0.15, 0.2) is 0 Å². The molecule has 0 saturated carbocycles. The number of aldehydes is 1. The maximum absolute atomic E-state index is 11.7. The van der Waals surface area contributed by atoms with Crippen LogP contribution in [0.15, 0.2) is 18.2 Å². The van der Waals surface area contributed by atoms with Gasteiger partial charge in [0, 0.05) is 5.56 Å². The van der Waals surface area contributed by atoms with Crippen molar-refractivity contribution in [3.63, 3.8) is 0 Å². The molecule has 0 N–H and O–H groups in total. The number of carbonyl (C=O) groups is 1. The molecule has 1 heteroatoms. The molecule has 0 aliphatic carbocycles. The molecule has 0 heterocycles. The van der Waals surface area contributed by atoms with E-state index in [0.717, 1.165) is 18.3 Å². The van der Waals surface area contributed by atoms with E-state index in [4.69, 9.17) is 0 Å². The third-order valence-electron chi connectivity index (χ3n) is 12.0. The average molecular weight is 723 g/mol. The van der Waals surface area contributed by atoms with Gasteiger partial charge in [0.25, 0.3) is 0 Å². The highest BCUT2D eigenvalue weighted by Gasteiger charge is 2.05. The van der Waals surface area contributed by atoms with Gasteiger partial charge < -0.3 is 0 Å². The van der Waals surface area contributed by atoms with Crippen LogP contribution in [-0.2, 0) is 12.8 Å². The number of benzene rings is 1. The Balaban J connectivity index is 1.90. The van der Waals surface area contributed by atoms with Crippen LogP contribution in [0.3, 0.4) is 0 Å². The smallest absolute Gasteiger partial charge is 0.150 e. The highest BCUT2D eigenvalue weighted by molar-refractivity contribution is 5.77. The van der Waals surface area contributed by atoms with Crippen molar-refractivity contribution in [2.45, 2.75) is 284 Å². The molecule has 1 aromatic carbocycles. The lowest BCUT2D eigenvalue weighted by Gasteiger charge is -2.09. The topological polar surface area (TPSA) is 17.1 Å². The SMILES string of the molecule is CCCCCCCCCCCCCCCCCCCCCCc1ccc(C=O)c(CCCCCCCCCCCCCCCCCCCCCC)c1. The van der Waals surface area contributed by atoms with Crippen LogP contribution < -0.4 is 0 Å². The number of rotatable bonds is 43. The summed E-state index contributed by atoms with van der Waals surface area (Å²) in [5.41, 5.74) is 3.66. The lowest BCUT2D eigenvalue weighted by molar-refractivity contribution is 0.112. The van der Waals surface area contributed by atoms with Gasteiger partial charge in [0.05, 0.1) is 0 Å². The molecule has 0 bridgehead atoms. The van der Waals surface area contributed by atoms with E-state index in [0.29, 0.717) is 0 Å². The summed E-state index contributed by atoms with van der Waals surface area (Å²) in [4.78, 5) is 11.7. The molecule has 0 spiro atoms. The highest BCUT2D eigenvalue weighted by Crippen LogP contribution is 2.20. The van der Waals surface area contributed by atoms with Gasteiger partial charge in [-0.15, -0.1) is 0 Å².